The molecule has 1 amide bonds. The Morgan fingerprint density at radius 3 is 2.83 bits per heavy atom. The Morgan fingerprint density at radius 1 is 1.33 bits per heavy atom. The van der Waals surface area contributed by atoms with Gasteiger partial charge < -0.3 is 10.1 Å². The Kier molecular flexibility index (Phi) is 5.00. The Balaban J connectivity index is 1.51. The van der Waals surface area contributed by atoms with Gasteiger partial charge in [0.05, 0.1) is 13.2 Å². The average molecular weight is 414 g/mol. The first-order valence-electron chi connectivity index (χ1n) is 11.5. The largest absolute Gasteiger partial charge is 0.381 e. The van der Waals surface area contributed by atoms with Crippen molar-refractivity contribution in [3.63, 3.8) is 0 Å². The smallest absolute Gasteiger partial charge is 0.220 e. The molecule has 5 rings (SSSR count). The molecule has 2 saturated carbocycles. The van der Waals surface area contributed by atoms with Gasteiger partial charge in [-0.1, -0.05) is 19.1 Å². The van der Waals surface area contributed by atoms with Crippen LogP contribution in [-0.2, 0) is 20.7 Å². The van der Waals surface area contributed by atoms with E-state index in [2.05, 4.69) is 18.3 Å². The molecule has 1 aliphatic heterocycles. The standard InChI is InChI=1S/C25H32FNO3/c1-25-9-8-16-15-4-3-5-21(26)17(15)6-7-18(16)24(25)20(10-22(25)28)19(11-23(29)27-2)14-12-30-13-14/h3-5,14,16,18-20,24H,6-13H2,1-2H3,(H,27,29)/t16?,18?,19?,20-,24?,25-/m1/s1. The first kappa shape index (κ1) is 20.2. The lowest BCUT2D eigenvalue weighted by Crippen LogP contribution is -2.48. The maximum Gasteiger partial charge on any atom is 0.220 e. The fourth-order valence-corrected chi connectivity index (χ4v) is 7.42. The summed E-state index contributed by atoms with van der Waals surface area (Å²) in [5, 5.41) is 2.78. The molecule has 1 aromatic rings. The van der Waals surface area contributed by atoms with Crippen LogP contribution in [0.2, 0.25) is 0 Å². The van der Waals surface area contributed by atoms with E-state index >= 15 is 0 Å². The van der Waals surface area contributed by atoms with Crippen molar-refractivity contribution in [1.82, 2.24) is 5.32 Å². The van der Waals surface area contributed by atoms with Gasteiger partial charge >= 0.3 is 0 Å². The van der Waals surface area contributed by atoms with E-state index in [0.717, 1.165) is 31.2 Å². The molecule has 162 valence electrons. The van der Waals surface area contributed by atoms with E-state index in [-0.39, 0.29) is 34.9 Å². The summed E-state index contributed by atoms with van der Waals surface area (Å²) in [5.74, 6) is 2.10. The van der Waals surface area contributed by atoms with Gasteiger partial charge in [-0.25, -0.2) is 4.39 Å². The molecule has 1 heterocycles. The highest BCUT2D eigenvalue weighted by Crippen LogP contribution is 2.63. The summed E-state index contributed by atoms with van der Waals surface area (Å²) in [6.07, 6.45) is 4.58. The van der Waals surface area contributed by atoms with Gasteiger partial charge in [-0.05, 0) is 72.5 Å². The van der Waals surface area contributed by atoms with E-state index in [1.807, 2.05) is 6.07 Å². The Labute approximate surface area is 177 Å². The number of rotatable bonds is 4. The highest BCUT2D eigenvalue weighted by Gasteiger charge is 2.61. The summed E-state index contributed by atoms with van der Waals surface area (Å²) in [5.41, 5.74) is 1.75. The highest BCUT2D eigenvalue weighted by atomic mass is 19.1. The average Bonchev–Trinajstić information content (AvgIpc) is 2.97. The zero-order valence-corrected chi connectivity index (χ0v) is 18.0. The molecule has 3 aliphatic carbocycles. The summed E-state index contributed by atoms with van der Waals surface area (Å²) in [6.45, 7) is 3.56. The maximum absolute atomic E-state index is 14.5. The fraction of sp³-hybridized carbons (Fsp3) is 0.680. The fourth-order valence-electron chi connectivity index (χ4n) is 7.42. The van der Waals surface area contributed by atoms with Crippen LogP contribution < -0.4 is 5.32 Å². The molecule has 0 radical (unpaired) electrons. The second-order valence-electron chi connectivity index (χ2n) is 10.2. The zero-order chi connectivity index (χ0) is 21.0. The number of ether oxygens (including phenoxy) is 1. The van der Waals surface area contributed by atoms with Gasteiger partial charge in [0, 0.05) is 31.2 Å². The van der Waals surface area contributed by atoms with Gasteiger partial charge in [-0.15, -0.1) is 0 Å². The van der Waals surface area contributed by atoms with E-state index in [1.165, 1.54) is 5.56 Å². The molecular weight excluding hydrogens is 381 g/mol. The second kappa shape index (κ2) is 7.44. The molecule has 1 N–H and O–H groups in total. The molecule has 3 fully saturated rings. The zero-order valence-electron chi connectivity index (χ0n) is 18.0. The van der Waals surface area contributed by atoms with Gasteiger partial charge in [0.25, 0.3) is 0 Å². The van der Waals surface area contributed by atoms with Crippen molar-refractivity contribution in [3.05, 3.63) is 35.1 Å². The first-order chi connectivity index (χ1) is 14.4. The Morgan fingerprint density at radius 2 is 2.13 bits per heavy atom. The lowest BCUT2D eigenvalue weighted by Gasteiger charge is -2.51. The van der Waals surface area contributed by atoms with Gasteiger partial charge in [0.15, 0.2) is 0 Å². The van der Waals surface area contributed by atoms with Crippen LogP contribution in [0.3, 0.4) is 0 Å². The molecule has 0 aromatic heterocycles. The van der Waals surface area contributed by atoms with Crippen molar-refractivity contribution >= 4 is 11.7 Å². The molecule has 4 nitrogen and oxygen atoms in total. The number of Topliss-reactive ketones (excluding diaryl/α,β-unsaturated/α-hetero) is 1. The summed E-state index contributed by atoms with van der Waals surface area (Å²) < 4.78 is 20.0. The van der Waals surface area contributed by atoms with Crippen LogP contribution >= 0.6 is 0 Å². The SMILES string of the molecule is CNC(=O)CC(C1COC1)[C@H]1CC(=O)[C@@]2(C)CCC3c4cccc(F)c4CCC3C12. The van der Waals surface area contributed by atoms with Crippen molar-refractivity contribution in [2.45, 2.75) is 51.4 Å². The summed E-state index contributed by atoms with van der Waals surface area (Å²) in [6, 6.07) is 5.51. The predicted molar refractivity (Wildman–Crippen MR) is 111 cm³/mol. The summed E-state index contributed by atoms with van der Waals surface area (Å²) in [7, 11) is 1.68. The van der Waals surface area contributed by atoms with Crippen LogP contribution in [0.25, 0.3) is 0 Å². The number of halogens is 1. The van der Waals surface area contributed by atoms with Gasteiger partial charge in [-0.2, -0.15) is 0 Å². The molecule has 4 aliphatic rings. The van der Waals surface area contributed by atoms with Crippen molar-refractivity contribution in [2.24, 2.45) is 35.0 Å². The second-order valence-corrected chi connectivity index (χ2v) is 10.2. The number of ketones is 1. The van der Waals surface area contributed by atoms with E-state index in [0.29, 0.717) is 49.6 Å². The number of benzene rings is 1. The van der Waals surface area contributed by atoms with Crippen molar-refractivity contribution < 1.29 is 18.7 Å². The Hall–Kier alpha value is -1.75. The molecule has 1 aromatic carbocycles. The minimum atomic E-state index is -0.303. The van der Waals surface area contributed by atoms with Gasteiger partial charge in [-0.3, -0.25) is 9.59 Å². The number of carbonyl (C=O) groups is 2. The molecule has 4 unspecified atom stereocenters. The summed E-state index contributed by atoms with van der Waals surface area (Å²) in [4.78, 5) is 25.7. The van der Waals surface area contributed by atoms with Crippen LogP contribution in [0.15, 0.2) is 18.2 Å². The van der Waals surface area contributed by atoms with Crippen LogP contribution in [0.4, 0.5) is 4.39 Å². The highest BCUT2D eigenvalue weighted by molar-refractivity contribution is 5.88. The lowest BCUT2D eigenvalue weighted by atomic mass is 9.52. The minimum absolute atomic E-state index is 0.0522. The van der Waals surface area contributed by atoms with Crippen LogP contribution in [0, 0.1) is 40.8 Å². The van der Waals surface area contributed by atoms with Crippen molar-refractivity contribution in [1.29, 1.82) is 0 Å². The molecular formula is C25H32FNO3. The van der Waals surface area contributed by atoms with Crippen molar-refractivity contribution in [3.8, 4) is 0 Å². The topological polar surface area (TPSA) is 55.4 Å². The van der Waals surface area contributed by atoms with E-state index in [9.17, 15) is 14.0 Å². The van der Waals surface area contributed by atoms with Crippen LogP contribution in [-0.4, -0.2) is 32.0 Å². The third-order valence-electron chi connectivity index (χ3n) is 9.01. The molecule has 6 atom stereocenters. The minimum Gasteiger partial charge on any atom is -0.381 e. The molecule has 5 heteroatoms. The number of fused-ring (bicyclic) bond motifs is 5. The van der Waals surface area contributed by atoms with E-state index in [1.54, 1.807) is 13.1 Å². The van der Waals surface area contributed by atoms with Crippen molar-refractivity contribution in [2.75, 3.05) is 20.3 Å². The molecule has 0 spiro atoms. The third kappa shape index (κ3) is 2.96. The number of nitrogens with one attached hydrogen (secondary N) is 1. The maximum atomic E-state index is 14.5. The predicted octanol–water partition coefficient (Wildman–Crippen LogP) is 3.88. The normalized spacial score (nSPS) is 36.3. The third-order valence-corrected chi connectivity index (χ3v) is 9.01. The first-order valence-corrected chi connectivity index (χ1v) is 11.5. The van der Waals surface area contributed by atoms with Gasteiger partial charge in [0.2, 0.25) is 5.91 Å². The number of amides is 1. The molecule has 0 bridgehead atoms. The molecule has 1 saturated heterocycles. The number of carbonyl (C=O) groups excluding carboxylic acids is 2. The van der Waals surface area contributed by atoms with E-state index in [4.69, 9.17) is 4.74 Å². The lowest BCUT2D eigenvalue weighted by molar-refractivity contribution is -0.130. The number of hydrogen-bond acceptors (Lipinski definition) is 3. The number of hydrogen-bond donors (Lipinski definition) is 1. The van der Waals surface area contributed by atoms with Crippen LogP contribution in [0.1, 0.15) is 56.1 Å². The van der Waals surface area contributed by atoms with Crippen LogP contribution in [0.5, 0.6) is 0 Å². The Bertz CT molecular complexity index is 866. The van der Waals surface area contributed by atoms with Gasteiger partial charge in [0.1, 0.15) is 11.6 Å². The quantitative estimate of drug-likeness (QED) is 0.815. The van der Waals surface area contributed by atoms with E-state index < -0.39 is 0 Å². The monoisotopic (exact) mass is 413 g/mol. The molecule has 30 heavy (non-hydrogen) atoms. The summed E-state index contributed by atoms with van der Waals surface area (Å²) >= 11 is 0.